The molecule has 0 amide bonds. The molecule has 0 atom stereocenters. The number of hydrogen-bond donors (Lipinski definition) is 0. The second-order valence-electron chi connectivity index (χ2n) is 0. The van der Waals surface area contributed by atoms with Gasteiger partial charge in [0.1, 0.15) is 0 Å². The van der Waals surface area contributed by atoms with E-state index in [0.29, 0.717) is 0 Å². The molecule has 0 aromatic carbocycles. The van der Waals surface area contributed by atoms with Crippen LogP contribution in [-0.4, -0.2) is 72.8 Å². The second-order valence-corrected chi connectivity index (χ2v) is 0. The van der Waals surface area contributed by atoms with Gasteiger partial charge in [-0.1, -0.05) is 0 Å². The van der Waals surface area contributed by atoms with Gasteiger partial charge in [0.25, 0.3) is 0 Å². The van der Waals surface area contributed by atoms with Crippen molar-refractivity contribution in [2.75, 3.05) is 0 Å². The van der Waals surface area contributed by atoms with E-state index in [-0.39, 0.29) is 123 Å². The van der Waals surface area contributed by atoms with Gasteiger partial charge in [0.15, 0.2) is 0 Å². The zero-order chi connectivity index (χ0) is 0. The van der Waals surface area contributed by atoms with Crippen molar-refractivity contribution in [3.63, 3.8) is 0 Å². The summed E-state index contributed by atoms with van der Waals surface area (Å²) >= 11 is 0. The monoisotopic (exact) mass is 423 g/mol. The van der Waals surface area contributed by atoms with Gasteiger partial charge in [-0.3, -0.25) is 0 Å². The van der Waals surface area contributed by atoms with Gasteiger partial charge in [0.05, 0.1) is 0 Å². The van der Waals surface area contributed by atoms with E-state index in [4.69, 9.17) is 0 Å². The molecule has 5 heteroatoms. The third-order valence-corrected chi connectivity index (χ3v) is 0. The summed E-state index contributed by atoms with van der Waals surface area (Å²) in [4.78, 5) is 0. The van der Waals surface area contributed by atoms with E-state index < -0.39 is 0 Å². The van der Waals surface area contributed by atoms with Crippen molar-refractivity contribution in [2.24, 2.45) is 0 Å². The van der Waals surface area contributed by atoms with Crippen LogP contribution in [-0.2, 0) is 36.5 Å². The third kappa shape index (κ3) is 18.1. The summed E-state index contributed by atoms with van der Waals surface area (Å²) in [6.07, 6.45) is 0. The van der Waals surface area contributed by atoms with Gasteiger partial charge < -0.3 is 0 Å². The van der Waals surface area contributed by atoms with E-state index >= 15 is 0 Å². The Kier molecular flexibility index (Phi) is 182. The van der Waals surface area contributed by atoms with Gasteiger partial charge in [-0.05, 0) is 0 Å². The van der Waals surface area contributed by atoms with Crippen molar-refractivity contribution in [3.8, 4) is 0 Å². The molecule has 0 bridgehead atoms. The zero-order valence-corrected chi connectivity index (χ0v) is 11.2. The normalized spacial score (nSPS) is 0. The van der Waals surface area contributed by atoms with Crippen molar-refractivity contribution in [2.45, 2.75) is 0 Å². The zero-order valence-electron chi connectivity index (χ0n) is 2.22. The first-order valence-corrected chi connectivity index (χ1v) is 0. The molecule has 0 spiro atoms. The molecule has 0 saturated heterocycles. The summed E-state index contributed by atoms with van der Waals surface area (Å²) in [5.41, 5.74) is 0. The first-order chi connectivity index (χ1) is 0. The fraction of sp³-hybridized carbons (Fsp3) is 0. The Morgan fingerprint density at radius 2 is 1.00 bits per heavy atom. The number of hydrogen-bond acceptors (Lipinski definition) is 0. The van der Waals surface area contributed by atoms with Crippen LogP contribution in [0.3, 0.4) is 0 Å². The molecular formula is H6BaCuSSnZn. The standard InChI is InChI=1S/Ba.Cu.H2S.Sn.Zn.4H/h;;1H2;;;;;;. The molecule has 0 fully saturated rings. The van der Waals surface area contributed by atoms with E-state index in [1.165, 1.54) is 0 Å². The minimum Gasteiger partial charge on any atom is 0 e. The minimum absolute atomic E-state index is 0. The molecule has 3 radical (unpaired) electrons. The molecule has 0 aromatic rings. The second kappa shape index (κ2) is 24.8. The molecule has 0 rings (SSSR count). The van der Waals surface area contributed by atoms with Crippen LogP contribution in [0, 0.1) is 0 Å². The first-order valence-electron chi connectivity index (χ1n) is 0. The molecule has 0 aliphatic carbocycles. The molecule has 0 nitrogen and oxygen atoms in total. The third-order valence-electron chi connectivity index (χ3n) is 0. The van der Waals surface area contributed by atoms with Gasteiger partial charge in [-0.2, -0.15) is 13.5 Å². The molecule has 0 aliphatic heterocycles. The molecule has 0 aliphatic rings. The summed E-state index contributed by atoms with van der Waals surface area (Å²) in [6.45, 7) is 0. The Morgan fingerprint density at radius 3 is 1.00 bits per heavy atom. The van der Waals surface area contributed by atoms with E-state index in [2.05, 4.69) is 0 Å². The van der Waals surface area contributed by atoms with Crippen molar-refractivity contribution in [1.82, 2.24) is 0 Å². The van der Waals surface area contributed by atoms with E-state index in [1.807, 2.05) is 0 Å². The van der Waals surface area contributed by atoms with Gasteiger partial charge in [-0.15, -0.1) is 0 Å². The van der Waals surface area contributed by atoms with E-state index in [0.717, 1.165) is 0 Å². The van der Waals surface area contributed by atoms with Crippen molar-refractivity contribution in [1.29, 1.82) is 0 Å². The topological polar surface area (TPSA) is 0 Å². The molecule has 0 N–H and O–H groups in total. The van der Waals surface area contributed by atoms with Crippen molar-refractivity contribution >= 4 is 86.3 Å². The molecule has 0 unspecified atom stereocenters. The fourth-order valence-corrected chi connectivity index (χ4v) is 0. The van der Waals surface area contributed by atoms with Crippen molar-refractivity contribution in [3.05, 3.63) is 0 Å². The van der Waals surface area contributed by atoms with Gasteiger partial charge in [-0.25, -0.2) is 0 Å². The van der Waals surface area contributed by atoms with Gasteiger partial charge >= 0.3 is 72.8 Å². The average Bonchev–Trinajstić information content (AvgIpc) is 0. The van der Waals surface area contributed by atoms with Crippen LogP contribution < -0.4 is 0 Å². The van der Waals surface area contributed by atoms with Crippen LogP contribution in [0.1, 0.15) is 0 Å². The summed E-state index contributed by atoms with van der Waals surface area (Å²) in [5.74, 6) is 0. The summed E-state index contributed by atoms with van der Waals surface area (Å²) in [5, 5.41) is 0. The molecule has 31 valence electrons. The fourth-order valence-electron chi connectivity index (χ4n) is 0. The van der Waals surface area contributed by atoms with Crippen LogP contribution in [0.2, 0.25) is 0 Å². The predicted octanol–water partition coefficient (Wildman–Crippen LogP) is -1.72. The Bertz CT molecular complexity index is 11.6. The van der Waals surface area contributed by atoms with E-state index in [1.54, 1.807) is 0 Å². The Morgan fingerprint density at radius 1 is 1.00 bits per heavy atom. The maximum atomic E-state index is 0. The molecule has 5 heavy (non-hydrogen) atoms. The molecule has 0 saturated carbocycles. The van der Waals surface area contributed by atoms with E-state index in [9.17, 15) is 0 Å². The Balaban J connectivity index is 0. The predicted molar refractivity (Wildman–Crippen MR) is 27.5 cm³/mol. The van der Waals surface area contributed by atoms with Crippen LogP contribution in [0.15, 0.2) is 0 Å². The number of rotatable bonds is 0. The van der Waals surface area contributed by atoms with Crippen LogP contribution >= 0.6 is 13.5 Å². The smallest absolute Gasteiger partial charge is 0 e. The summed E-state index contributed by atoms with van der Waals surface area (Å²) in [7, 11) is 0. The first kappa shape index (κ1) is 36.7. The quantitative estimate of drug-likeness (QED) is 0.407. The maximum absolute atomic E-state index is 0. The summed E-state index contributed by atoms with van der Waals surface area (Å²) < 4.78 is 0. The van der Waals surface area contributed by atoms with Gasteiger partial charge in [0, 0.05) is 36.5 Å². The largest absolute Gasteiger partial charge is 0 e. The maximum Gasteiger partial charge on any atom is 0 e. The Hall–Kier alpha value is 3.86. The average molecular weight is 423 g/mol. The van der Waals surface area contributed by atoms with Gasteiger partial charge in [0.2, 0.25) is 0 Å². The molecule has 0 heterocycles. The van der Waals surface area contributed by atoms with Crippen LogP contribution in [0.4, 0.5) is 0 Å². The minimum atomic E-state index is 0. The molecular weight excluding hydrogens is 417 g/mol. The Labute approximate surface area is 120 Å². The van der Waals surface area contributed by atoms with Crippen LogP contribution in [0.25, 0.3) is 0 Å². The van der Waals surface area contributed by atoms with Crippen LogP contribution in [0.5, 0.6) is 0 Å². The molecule has 0 aromatic heterocycles. The van der Waals surface area contributed by atoms with Crippen molar-refractivity contribution < 1.29 is 36.5 Å². The SMILES string of the molecule is S.[BaH2].[Cu].[SnH2].[Zn]. The summed E-state index contributed by atoms with van der Waals surface area (Å²) in [6, 6.07) is 0.